The van der Waals surface area contributed by atoms with Crippen molar-refractivity contribution < 1.29 is 9.47 Å². The van der Waals surface area contributed by atoms with Crippen molar-refractivity contribution in [2.45, 2.75) is 19.2 Å². The van der Waals surface area contributed by atoms with E-state index in [2.05, 4.69) is 6.92 Å². The molecule has 0 unspecified atom stereocenters. The van der Waals surface area contributed by atoms with Crippen molar-refractivity contribution in [3.63, 3.8) is 0 Å². The van der Waals surface area contributed by atoms with Crippen molar-refractivity contribution in [3.8, 4) is 17.2 Å². The lowest BCUT2D eigenvalue weighted by atomic mass is 10.2. The normalized spacial score (nSPS) is 10.3. The van der Waals surface area contributed by atoms with Gasteiger partial charge in [0.15, 0.2) is 0 Å². The molecule has 0 radical (unpaired) electrons. The fourth-order valence-corrected chi connectivity index (χ4v) is 2.16. The maximum absolute atomic E-state index is 6.15. The lowest BCUT2D eigenvalue weighted by Gasteiger charge is -2.12. The third-order valence-corrected chi connectivity index (χ3v) is 3.29. The fraction of sp³-hybridized carbons (Fsp3) is 0.250. The van der Waals surface area contributed by atoms with E-state index in [4.69, 9.17) is 32.7 Å². The number of hydrogen-bond acceptors (Lipinski definition) is 2. The van der Waals surface area contributed by atoms with E-state index >= 15 is 0 Å². The highest BCUT2D eigenvalue weighted by atomic mass is 35.5. The van der Waals surface area contributed by atoms with E-state index < -0.39 is 0 Å². The van der Waals surface area contributed by atoms with Crippen LogP contribution in [0, 0.1) is 0 Å². The van der Waals surface area contributed by atoms with Crippen LogP contribution in [0.2, 0.25) is 5.02 Å². The molecular weight excluding hydrogens is 295 g/mol. The van der Waals surface area contributed by atoms with Crippen LogP contribution in [0.4, 0.5) is 0 Å². The zero-order valence-corrected chi connectivity index (χ0v) is 12.7. The minimum Gasteiger partial charge on any atom is -0.494 e. The first-order valence-corrected chi connectivity index (χ1v) is 7.40. The van der Waals surface area contributed by atoms with Gasteiger partial charge < -0.3 is 9.47 Å². The molecule has 106 valence electrons. The molecule has 0 aliphatic carbocycles. The summed E-state index contributed by atoms with van der Waals surface area (Å²) in [6, 6.07) is 13.0. The van der Waals surface area contributed by atoms with Crippen molar-refractivity contribution >= 4 is 23.2 Å². The molecule has 2 aromatic carbocycles. The Kier molecular flexibility index (Phi) is 5.57. The average Bonchev–Trinajstić information content (AvgIpc) is 2.48. The number of alkyl halides is 1. The molecule has 2 nitrogen and oxygen atoms in total. The molecule has 0 amide bonds. The Morgan fingerprint density at radius 1 is 1.00 bits per heavy atom. The highest BCUT2D eigenvalue weighted by Crippen LogP contribution is 2.34. The molecule has 0 saturated heterocycles. The molecule has 0 heterocycles. The first kappa shape index (κ1) is 15.0. The van der Waals surface area contributed by atoms with Crippen LogP contribution in [-0.2, 0) is 5.88 Å². The number of rotatable bonds is 6. The van der Waals surface area contributed by atoms with E-state index in [9.17, 15) is 0 Å². The van der Waals surface area contributed by atoms with Crippen LogP contribution in [0.15, 0.2) is 42.5 Å². The summed E-state index contributed by atoms with van der Waals surface area (Å²) in [5.41, 5.74) is 0.866. The first-order valence-electron chi connectivity index (χ1n) is 6.48. The molecule has 2 aromatic rings. The van der Waals surface area contributed by atoms with Crippen molar-refractivity contribution in [3.05, 3.63) is 53.1 Å². The molecule has 0 aliphatic rings. The Morgan fingerprint density at radius 2 is 1.70 bits per heavy atom. The van der Waals surface area contributed by atoms with Crippen LogP contribution in [-0.4, -0.2) is 6.61 Å². The average molecular weight is 311 g/mol. The lowest BCUT2D eigenvalue weighted by Crippen LogP contribution is -1.95. The summed E-state index contributed by atoms with van der Waals surface area (Å²) in [5, 5.41) is 0.550. The molecule has 2 rings (SSSR count). The molecule has 0 aromatic heterocycles. The topological polar surface area (TPSA) is 18.5 Å². The zero-order valence-electron chi connectivity index (χ0n) is 11.2. The van der Waals surface area contributed by atoms with Crippen LogP contribution in [0.1, 0.15) is 18.9 Å². The van der Waals surface area contributed by atoms with Crippen molar-refractivity contribution in [2.75, 3.05) is 6.61 Å². The maximum atomic E-state index is 6.15. The summed E-state index contributed by atoms with van der Waals surface area (Å²) in [6.07, 6.45) is 0.983. The minimum absolute atomic E-state index is 0.355. The van der Waals surface area contributed by atoms with E-state index in [1.807, 2.05) is 36.4 Å². The standard InChI is InChI=1S/C16H16Cl2O2/c1-2-10-19-13-6-8-14(9-7-13)20-16-12(11-17)4-3-5-15(16)18/h3-9H,2,10-11H2,1H3. The molecular formula is C16H16Cl2O2. The van der Waals surface area contributed by atoms with Crippen LogP contribution >= 0.6 is 23.2 Å². The summed E-state index contributed by atoms with van der Waals surface area (Å²) in [5.74, 6) is 2.49. The van der Waals surface area contributed by atoms with E-state index in [-0.39, 0.29) is 0 Å². The van der Waals surface area contributed by atoms with Gasteiger partial charge in [0.25, 0.3) is 0 Å². The Labute approximate surface area is 129 Å². The quantitative estimate of drug-likeness (QED) is 0.641. The molecule has 0 spiro atoms. The van der Waals surface area contributed by atoms with Crippen LogP contribution < -0.4 is 9.47 Å². The van der Waals surface area contributed by atoms with Crippen LogP contribution in [0.25, 0.3) is 0 Å². The highest BCUT2D eigenvalue weighted by Gasteiger charge is 2.09. The molecule has 4 heteroatoms. The minimum atomic E-state index is 0.355. The van der Waals surface area contributed by atoms with Gasteiger partial charge >= 0.3 is 0 Å². The number of ether oxygens (including phenoxy) is 2. The highest BCUT2D eigenvalue weighted by molar-refractivity contribution is 6.32. The van der Waals surface area contributed by atoms with Gasteiger partial charge in [-0.1, -0.05) is 30.7 Å². The predicted octanol–water partition coefficient (Wildman–Crippen LogP) is 5.66. The summed E-state index contributed by atoms with van der Waals surface area (Å²) >= 11 is 12.0. The third-order valence-electron chi connectivity index (χ3n) is 2.71. The smallest absolute Gasteiger partial charge is 0.150 e. The molecule has 0 fully saturated rings. The van der Waals surface area contributed by atoms with E-state index in [1.54, 1.807) is 6.07 Å². The van der Waals surface area contributed by atoms with Gasteiger partial charge in [-0.2, -0.15) is 0 Å². The number of para-hydroxylation sites is 1. The van der Waals surface area contributed by atoms with E-state index in [0.717, 1.165) is 17.7 Å². The summed E-state index contributed by atoms with van der Waals surface area (Å²) < 4.78 is 11.3. The molecule has 0 saturated carbocycles. The van der Waals surface area contributed by atoms with Crippen molar-refractivity contribution in [1.29, 1.82) is 0 Å². The molecule has 0 atom stereocenters. The predicted molar refractivity (Wildman–Crippen MR) is 83.3 cm³/mol. The van der Waals surface area contributed by atoms with Crippen LogP contribution in [0.5, 0.6) is 17.2 Å². The number of benzene rings is 2. The summed E-state index contributed by atoms with van der Waals surface area (Å²) in [4.78, 5) is 0. The van der Waals surface area contributed by atoms with E-state index in [0.29, 0.717) is 29.0 Å². The maximum Gasteiger partial charge on any atom is 0.150 e. The van der Waals surface area contributed by atoms with E-state index in [1.165, 1.54) is 0 Å². The molecule has 20 heavy (non-hydrogen) atoms. The Bertz CT molecular complexity index is 553. The van der Waals surface area contributed by atoms with Crippen molar-refractivity contribution in [1.82, 2.24) is 0 Å². The van der Waals surface area contributed by atoms with Gasteiger partial charge in [-0.15, -0.1) is 11.6 Å². The number of hydrogen-bond donors (Lipinski definition) is 0. The largest absolute Gasteiger partial charge is 0.494 e. The van der Waals surface area contributed by atoms with Gasteiger partial charge in [0.1, 0.15) is 17.2 Å². The Hall–Kier alpha value is -1.38. The lowest BCUT2D eigenvalue weighted by molar-refractivity contribution is 0.317. The Balaban J connectivity index is 2.14. The summed E-state index contributed by atoms with van der Waals surface area (Å²) in [6.45, 7) is 2.78. The van der Waals surface area contributed by atoms with Gasteiger partial charge in [-0.05, 0) is 36.8 Å². The van der Waals surface area contributed by atoms with Gasteiger partial charge in [0, 0.05) is 5.56 Å². The monoisotopic (exact) mass is 310 g/mol. The fourth-order valence-electron chi connectivity index (χ4n) is 1.71. The van der Waals surface area contributed by atoms with Gasteiger partial charge in [-0.25, -0.2) is 0 Å². The number of halogens is 2. The summed E-state index contributed by atoms with van der Waals surface area (Å²) in [7, 11) is 0. The zero-order chi connectivity index (χ0) is 14.4. The van der Waals surface area contributed by atoms with Crippen LogP contribution in [0.3, 0.4) is 0 Å². The molecule has 0 aliphatic heterocycles. The van der Waals surface area contributed by atoms with Gasteiger partial charge in [0.2, 0.25) is 0 Å². The molecule has 0 N–H and O–H groups in total. The SMILES string of the molecule is CCCOc1ccc(Oc2c(Cl)cccc2CCl)cc1. The second-order valence-electron chi connectivity index (χ2n) is 4.28. The second-order valence-corrected chi connectivity index (χ2v) is 4.96. The second kappa shape index (κ2) is 7.41. The molecule has 0 bridgehead atoms. The third kappa shape index (κ3) is 3.81. The Morgan fingerprint density at radius 3 is 2.35 bits per heavy atom. The van der Waals surface area contributed by atoms with Gasteiger partial charge in [-0.3, -0.25) is 0 Å². The first-order chi connectivity index (χ1) is 9.74. The van der Waals surface area contributed by atoms with Gasteiger partial charge in [0.05, 0.1) is 17.5 Å². The van der Waals surface area contributed by atoms with Crippen molar-refractivity contribution in [2.24, 2.45) is 0 Å².